The number of piperidine rings is 3. The number of carbonyl (C=O) groups is 1. The van der Waals surface area contributed by atoms with Crippen molar-refractivity contribution in [1.29, 1.82) is 0 Å². The lowest BCUT2D eigenvalue weighted by molar-refractivity contribution is -0.0794. The lowest BCUT2D eigenvalue weighted by Crippen LogP contribution is -2.65. The summed E-state index contributed by atoms with van der Waals surface area (Å²) in [5.41, 5.74) is 0.541. The van der Waals surface area contributed by atoms with Gasteiger partial charge < -0.3 is 15.0 Å². The van der Waals surface area contributed by atoms with Gasteiger partial charge in [-0.15, -0.1) is 11.3 Å². The van der Waals surface area contributed by atoms with Crippen molar-refractivity contribution in [3.05, 3.63) is 27.1 Å². The highest BCUT2D eigenvalue weighted by atomic mass is 32.1. The van der Waals surface area contributed by atoms with Crippen molar-refractivity contribution in [3.8, 4) is 0 Å². The van der Waals surface area contributed by atoms with Gasteiger partial charge in [-0.1, -0.05) is 6.42 Å². The lowest BCUT2D eigenvalue weighted by atomic mass is 9.72. The molecule has 3 fully saturated rings. The minimum atomic E-state index is -0.188. The van der Waals surface area contributed by atoms with Crippen molar-refractivity contribution in [2.24, 2.45) is 11.8 Å². The maximum atomic E-state index is 13.4. The Morgan fingerprint density at radius 1 is 1.36 bits per heavy atom. The topological polar surface area (TPSA) is 89.5 Å². The maximum Gasteiger partial charge on any atom is 0.264 e. The van der Waals surface area contributed by atoms with Gasteiger partial charge >= 0.3 is 0 Å². The third-order valence-electron chi connectivity index (χ3n) is 7.02. The van der Waals surface area contributed by atoms with Crippen LogP contribution < -0.4 is 5.56 Å². The highest BCUT2D eigenvalue weighted by molar-refractivity contribution is 7.20. The van der Waals surface area contributed by atoms with E-state index in [4.69, 9.17) is 0 Å². The second-order valence-electron chi connectivity index (χ2n) is 8.48. The Hall–Kier alpha value is -1.77. The first-order chi connectivity index (χ1) is 13.6. The number of aliphatic hydroxyl groups excluding tert-OH is 1. The summed E-state index contributed by atoms with van der Waals surface area (Å²) in [7, 11) is 0. The molecular weight excluding hydrogens is 376 g/mol. The maximum absolute atomic E-state index is 13.4. The number of aliphatic hydroxyl groups is 1. The van der Waals surface area contributed by atoms with Crippen molar-refractivity contribution in [2.75, 3.05) is 26.2 Å². The molecular formula is C20H26N4O3S. The van der Waals surface area contributed by atoms with E-state index in [9.17, 15) is 14.7 Å². The molecule has 150 valence electrons. The van der Waals surface area contributed by atoms with Gasteiger partial charge in [-0.2, -0.15) is 0 Å². The number of thiophene rings is 1. The molecule has 7 nitrogen and oxygen atoms in total. The molecule has 2 aromatic rings. The fourth-order valence-corrected chi connectivity index (χ4v) is 6.87. The number of aromatic amines is 1. The molecule has 0 aromatic carbocycles. The second kappa shape index (κ2) is 6.93. The molecule has 5 rings (SSSR count). The minimum Gasteiger partial charge on any atom is -0.395 e. The van der Waals surface area contributed by atoms with E-state index in [0.29, 0.717) is 39.5 Å². The van der Waals surface area contributed by atoms with Crippen molar-refractivity contribution >= 4 is 27.5 Å². The number of H-pyrrole nitrogens is 1. The molecule has 0 saturated carbocycles. The molecule has 2 aromatic heterocycles. The number of nitrogens with one attached hydrogen (secondary N) is 1. The van der Waals surface area contributed by atoms with Crippen LogP contribution in [0.3, 0.4) is 0 Å². The first kappa shape index (κ1) is 18.3. The van der Waals surface area contributed by atoms with Crippen LogP contribution in [0.4, 0.5) is 0 Å². The number of likely N-dealkylation sites (tertiary alicyclic amines) is 1. The van der Waals surface area contributed by atoms with Crippen molar-refractivity contribution in [1.82, 2.24) is 19.8 Å². The van der Waals surface area contributed by atoms with Crippen LogP contribution >= 0.6 is 11.3 Å². The first-order valence-corrected chi connectivity index (χ1v) is 11.0. The van der Waals surface area contributed by atoms with E-state index in [2.05, 4.69) is 14.9 Å². The van der Waals surface area contributed by atoms with E-state index in [-0.39, 0.29) is 24.1 Å². The van der Waals surface area contributed by atoms with Crippen molar-refractivity contribution in [2.45, 2.75) is 44.7 Å². The third kappa shape index (κ3) is 2.73. The summed E-state index contributed by atoms with van der Waals surface area (Å²) in [6, 6.07) is 0.635. The van der Waals surface area contributed by atoms with Crippen molar-refractivity contribution in [3.63, 3.8) is 0 Å². The zero-order chi connectivity index (χ0) is 19.4. The van der Waals surface area contributed by atoms with Gasteiger partial charge in [0, 0.05) is 25.2 Å². The number of hydrogen-bond donors (Lipinski definition) is 2. The molecule has 2 N–H and O–H groups in total. The predicted octanol–water partition coefficient (Wildman–Crippen LogP) is 1.60. The van der Waals surface area contributed by atoms with Gasteiger partial charge in [-0.3, -0.25) is 14.5 Å². The molecule has 5 heterocycles. The van der Waals surface area contributed by atoms with E-state index in [1.165, 1.54) is 30.5 Å². The molecule has 8 heteroatoms. The zero-order valence-corrected chi connectivity index (χ0v) is 16.9. The summed E-state index contributed by atoms with van der Waals surface area (Å²) in [5, 5.41) is 10.6. The molecule has 28 heavy (non-hydrogen) atoms. The number of rotatable bonds is 2. The lowest BCUT2D eigenvalue weighted by Gasteiger charge is -2.56. The van der Waals surface area contributed by atoms with Gasteiger partial charge in [0.15, 0.2) is 0 Å². The second-order valence-corrected chi connectivity index (χ2v) is 9.48. The first-order valence-electron chi connectivity index (χ1n) is 10.2. The highest BCUT2D eigenvalue weighted by Crippen LogP contribution is 2.41. The van der Waals surface area contributed by atoms with E-state index in [1.807, 2.05) is 11.8 Å². The van der Waals surface area contributed by atoms with Crippen LogP contribution in [-0.4, -0.2) is 69.1 Å². The van der Waals surface area contributed by atoms with Crippen LogP contribution in [0.2, 0.25) is 0 Å². The molecule has 0 spiro atoms. The van der Waals surface area contributed by atoms with Crippen molar-refractivity contribution < 1.29 is 9.90 Å². The number of fused-ring (bicyclic) bond motifs is 5. The Morgan fingerprint density at radius 3 is 2.96 bits per heavy atom. The number of carbonyl (C=O) groups excluding carboxylic acids is 1. The Kier molecular flexibility index (Phi) is 4.52. The zero-order valence-electron chi connectivity index (χ0n) is 16.1. The van der Waals surface area contributed by atoms with Gasteiger partial charge in [0.05, 0.1) is 23.2 Å². The fourth-order valence-electron chi connectivity index (χ4n) is 5.75. The monoisotopic (exact) mass is 402 g/mol. The summed E-state index contributed by atoms with van der Waals surface area (Å²) < 4.78 is 0. The molecule has 4 atom stereocenters. The smallest absolute Gasteiger partial charge is 0.264 e. The van der Waals surface area contributed by atoms with Gasteiger partial charge in [0.1, 0.15) is 4.83 Å². The molecule has 1 amide bonds. The molecule has 3 saturated heterocycles. The van der Waals surface area contributed by atoms with E-state index >= 15 is 0 Å². The quantitative estimate of drug-likeness (QED) is 0.796. The third-order valence-corrected chi connectivity index (χ3v) is 8.21. The van der Waals surface area contributed by atoms with Crippen LogP contribution in [0.25, 0.3) is 10.2 Å². The number of amides is 1. The number of hydrogen-bond acceptors (Lipinski definition) is 6. The molecule has 3 aliphatic rings. The van der Waals surface area contributed by atoms with Crippen LogP contribution in [0.1, 0.15) is 40.9 Å². The SMILES string of the molecule is Cc1c(C(=O)N2C[C@H]3C[C@@H](C2)[C@H](CO)N2CCCC[C@@H]32)sc2nc[nH]c(=O)c12. The summed E-state index contributed by atoms with van der Waals surface area (Å²) in [5.74, 6) is 0.802. The number of aryl methyl sites for hydroxylation is 1. The Bertz CT molecular complexity index is 956. The van der Waals surface area contributed by atoms with Gasteiger partial charge in [0.25, 0.3) is 11.5 Å². The standard InChI is InChI=1S/C20H26N4O3S/c1-11-16-18(26)21-10-22-19(16)28-17(11)20(27)23-7-12-6-13(8-23)15(9-25)24-5-3-2-4-14(12)24/h10,12-15,25H,2-9H2,1H3,(H,21,22,26)/t12-,13+,14+,15+/m1/s1. The van der Waals surface area contributed by atoms with Gasteiger partial charge in [-0.05, 0) is 50.1 Å². The highest BCUT2D eigenvalue weighted by Gasteiger charge is 2.47. The largest absolute Gasteiger partial charge is 0.395 e. The summed E-state index contributed by atoms with van der Waals surface area (Å²) >= 11 is 1.32. The number of nitrogens with zero attached hydrogens (tertiary/aromatic N) is 3. The molecule has 3 aliphatic heterocycles. The minimum absolute atomic E-state index is 0.00977. The average molecular weight is 403 g/mol. The summed E-state index contributed by atoms with van der Waals surface area (Å²) in [4.78, 5) is 38.2. The van der Waals surface area contributed by atoms with Gasteiger partial charge in [-0.25, -0.2) is 4.98 Å². The Morgan fingerprint density at radius 2 is 2.18 bits per heavy atom. The number of aromatic nitrogens is 2. The van der Waals surface area contributed by atoms with E-state index in [0.717, 1.165) is 31.5 Å². The Labute approximate surface area is 167 Å². The van der Waals surface area contributed by atoms with Crippen LogP contribution in [0.15, 0.2) is 11.1 Å². The summed E-state index contributed by atoms with van der Waals surface area (Å²) in [6.45, 7) is 4.53. The summed E-state index contributed by atoms with van der Waals surface area (Å²) in [6.07, 6.45) is 6.10. The molecule has 0 unspecified atom stereocenters. The predicted molar refractivity (Wildman–Crippen MR) is 108 cm³/mol. The average Bonchev–Trinajstić information content (AvgIpc) is 3.05. The molecule has 2 bridgehead atoms. The van der Waals surface area contributed by atoms with Crippen LogP contribution in [0.5, 0.6) is 0 Å². The van der Waals surface area contributed by atoms with Crippen LogP contribution in [-0.2, 0) is 0 Å². The molecule has 0 aliphatic carbocycles. The van der Waals surface area contributed by atoms with E-state index in [1.54, 1.807) is 0 Å². The van der Waals surface area contributed by atoms with Gasteiger partial charge in [0.2, 0.25) is 0 Å². The van der Waals surface area contributed by atoms with Crippen LogP contribution in [0, 0.1) is 18.8 Å². The normalized spacial score (nSPS) is 30.4. The molecule has 0 radical (unpaired) electrons. The Balaban J connectivity index is 1.46. The van der Waals surface area contributed by atoms with E-state index < -0.39 is 0 Å². The fraction of sp³-hybridized carbons (Fsp3) is 0.650.